The molecule has 4 heteroatoms. The molecule has 4 nitrogen and oxygen atoms in total. The molecule has 0 aromatic carbocycles. The van der Waals surface area contributed by atoms with Gasteiger partial charge in [-0.05, 0) is 31.7 Å². The topological polar surface area (TPSA) is 59.5 Å². The van der Waals surface area contributed by atoms with Crippen molar-refractivity contribution in [3.63, 3.8) is 0 Å². The summed E-state index contributed by atoms with van der Waals surface area (Å²) < 4.78 is 5.13. The second-order valence-corrected chi connectivity index (χ2v) is 4.67. The second kappa shape index (κ2) is 4.29. The van der Waals surface area contributed by atoms with Crippen LogP contribution in [0.2, 0.25) is 0 Å². The summed E-state index contributed by atoms with van der Waals surface area (Å²) in [4.78, 5) is 13.8. The Kier molecular flexibility index (Phi) is 3.01. The minimum atomic E-state index is 0.0340. The van der Waals surface area contributed by atoms with Gasteiger partial charge in [-0.3, -0.25) is 4.79 Å². The lowest BCUT2D eigenvalue weighted by Gasteiger charge is -2.35. The van der Waals surface area contributed by atoms with Crippen molar-refractivity contribution < 1.29 is 9.21 Å². The Hall–Kier alpha value is -1.29. The highest BCUT2D eigenvalue weighted by Gasteiger charge is 2.28. The summed E-state index contributed by atoms with van der Waals surface area (Å²) in [5.74, 6) is 1.28. The molecule has 16 heavy (non-hydrogen) atoms. The predicted molar refractivity (Wildman–Crippen MR) is 61.1 cm³/mol. The molecule has 1 heterocycles. The van der Waals surface area contributed by atoms with Gasteiger partial charge in [0.1, 0.15) is 5.76 Å². The van der Waals surface area contributed by atoms with Crippen LogP contribution in [0.15, 0.2) is 16.7 Å². The summed E-state index contributed by atoms with van der Waals surface area (Å²) in [5, 5.41) is 0. The van der Waals surface area contributed by atoms with Gasteiger partial charge in [-0.1, -0.05) is 0 Å². The third-order valence-corrected chi connectivity index (χ3v) is 3.24. The minimum Gasteiger partial charge on any atom is -0.469 e. The van der Waals surface area contributed by atoms with Crippen LogP contribution in [0.4, 0.5) is 0 Å². The standard InChI is InChI=1S/C12H18N2O2/c1-8-11(3-4-16-8)12(15)14(2)7-9-5-10(13)6-9/h3-4,9-10H,5-7,13H2,1-2H3. The van der Waals surface area contributed by atoms with E-state index in [4.69, 9.17) is 10.2 Å². The number of rotatable bonds is 3. The Bertz CT molecular complexity index is 380. The van der Waals surface area contributed by atoms with Gasteiger partial charge in [0.05, 0.1) is 11.8 Å². The van der Waals surface area contributed by atoms with Crippen molar-refractivity contribution in [1.29, 1.82) is 0 Å². The zero-order chi connectivity index (χ0) is 11.7. The van der Waals surface area contributed by atoms with Gasteiger partial charge in [-0.15, -0.1) is 0 Å². The predicted octanol–water partition coefficient (Wildman–Crippen LogP) is 1.40. The van der Waals surface area contributed by atoms with E-state index in [-0.39, 0.29) is 5.91 Å². The summed E-state index contributed by atoms with van der Waals surface area (Å²) in [6.07, 6.45) is 3.61. The molecule has 1 saturated carbocycles. The van der Waals surface area contributed by atoms with E-state index in [1.165, 1.54) is 0 Å². The van der Waals surface area contributed by atoms with Gasteiger partial charge >= 0.3 is 0 Å². The van der Waals surface area contributed by atoms with Crippen molar-refractivity contribution in [1.82, 2.24) is 4.90 Å². The quantitative estimate of drug-likeness (QED) is 0.841. The van der Waals surface area contributed by atoms with Crippen molar-refractivity contribution in [2.75, 3.05) is 13.6 Å². The first-order valence-electron chi connectivity index (χ1n) is 5.63. The Morgan fingerprint density at radius 3 is 2.81 bits per heavy atom. The number of nitrogens with zero attached hydrogens (tertiary/aromatic N) is 1. The van der Waals surface area contributed by atoms with E-state index < -0.39 is 0 Å². The van der Waals surface area contributed by atoms with Gasteiger partial charge in [0, 0.05) is 19.6 Å². The van der Waals surface area contributed by atoms with Crippen LogP contribution in [0.5, 0.6) is 0 Å². The lowest BCUT2D eigenvalue weighted by atomic mass is 9.80. The van der Waals surface area contributed by atoms with Gasteiger partial charge in [-0.2, -0.15) is 0 Å². The number of furan rings is 1. The third kappa shape index (κ3) is 2.11. The van der Waals surface area contributed by atoms with E-state index in [0.717, 1.165) is 19.4 Å². The van der Waals surface area contributed by atoms with Gasteiger partial charge < -0.3 is 15.1 Å². The zero-order valence-electron chi connectivity index (χ0n) is 9.77. The number of carbonyl (C=O) groups is 1. The van der Waals surface area contributed by atoms with E-state index >= 15 is 0 Å². The van der Waals surface area contributed by atoms with E-state index in [1.54, 1.807) is 24.2 Å². The highest BCUT2D eigenvalue weighted by Crippen LogP contribution is 2.26. The maximum Gasteiger partial charge on any atom is 0.257 e. The molecule has 0 aliphatic heterocycles. The first kappa shape index (κ1) is 11.2. The average molecular weight is 222 g/mol. The fourth-order valence-electron chi connectivity index (χ4n) is 2.22. The van der Waals surface area contributed by atoms with Crippen molar-refractivity contribution in [2.24, 2.45) is 11.7 Å². The van der Waals surface area contributed by atoms with Crippen molar-refractivity contribution in [3.8, 4) is 0 Å². The lowest BCUT2D eigenvalue weighted by molar-refractivity contribution is 0.0732. The molecule has 0 unspecified atom stereocenters. The summed E-state index contributed by atoms with van der Waals surface area (Å²) in [6.45, 7) is 2.59. The molecule has 1 amide bonds. The molecule has 1 aliphatic rings. The third-order valence-electron chi connectivity index (χ3n) is 3.24. The maximum absolute atomic E-state index is 12.0. The van der Waals surface area contributed by atoms with Crippen LogP contribution in [0, 0.1) is 12.8 Å². The van der Waals surface area contributed by atoms with Gasteiger partial charge in [-0.25, -0.2) is 0 Å². The largest absolute Gasteiger partial charge is 0.469 e. The molecule has 1 aromatic heterocycles. The summed E-state index contributed by atoms with van der Waals surface area (Å²) in [5.41, 5.74) is 6.38. The molecule has 0 spiro atoms. The van der Waals surface area contributed by atoms with Gasteiger partial charge in [0.15, 0.2) is 0 Å². The van der Waals surface area contributed by atoms with E-state index in [1.807, 2.05) is 7.05 Å². The number of amides is 1. The number of hydrogen-bond donors (Lipinski definition) is 1. The lowest BCUT2D eigenvalue weighted by Crippen LogP contribution is -2.43. The summed E-state index contributed by atoms with van der Waals surface area (Å²) >= 11 is 0. The molecule has 2 N–H and O–H groups in total. The molecule has 1 aromatic rings. The summed E-state index contributed by atoms with van der Waals surface area (Å²) in [7, 11) is 1.83. The molecule has 88 valence electrons. The molecule has 0 saturated heterocycles. The van der Waals surface area contributed by atoms with Crippen molar-refractivity contribution in [3.05, 3.63) is 23.7 Å². The number of hydrogen-bond acceptors (Lipinski definition) is 3. The molecular weight excluding hydrogens is 204 g/mol. The van der Waals surface area contributed by atoms with Crippen LogP contribution < -0.4 is 5.73 Å². The van der Waals surface area contributed by atoms with Crippen LogP contribution >= 0.6 is 0 Å². The molecule has 1 fully saturated rings. The molecule has 0 atom stereocenters. The Morgan fingerprint density at radius 2 is 2.31 bits per heavy atom. The molecule has 0 radical (unpaired) electrons. The highest BCUT2D eigenvalue weighted by atomic mass is 16.3. The monoisotopic (exact) mass is 222 g/mol. The molecule has 0 bridgehead atoms. The molecule has 2 rings (SSSR count). The Balaban J connectivity index is 1.92. The van der Waals surface area contributed by atoms with E-state index in [9.17, 15) is 4.79 Å². The van der Waals surface area contributed by atoms with Crippen LogP contribution in [-0.2, 0) is 0 Å². The second-order valence-electron chi connectivity index (χ2n) is 4.67. The smallest absolute Gasteiger partial charge is 0.257 e. The minimum absolute atomic E-state index is 0.0340. The fourth-order valence-corrected chi connectivity index (χ4v) is 2.22. The van der Waals surface area contributed by atoms with Crippen molar-refractivity contribution >= 4 is 5.91 Å². The maximum atomic E-state index is 12.0. The van der Waals surface area contributed by atoms with Crippen molar-refractivity contribution in [2.45, 2.75) is 25.8 Å². The first-order valence-corrected chi connectivity index (χ1v) is 5.63. The van der Waals surface area contributed by atoms with Crippen LogP contribution in [0.25, 0.3) is 0 Å². The Labute approximate surface area is 95.4 Å². The number of nitrogens with two attached hydrogens (primary N) is 1. The average Bonchev–Trinajstić information content (AvgIpc) is 2.61. The van der Waals surface area contributed by atoms with Gasteiger partial charge in [0.2, 0.25) is 0 Å². The van der Waals surface area contributed by atoms with E-state index in [2.05, 4.69) is 0 Å². The van der Waals surface area contributed by atoms with E-state index in [0.29, 0.717) is 23.3 Å². The highest BCUT2D eigenvalue weighted by molar-refractivity contribution is 5.94. The Morgan fingerprint density at radius 1 is 1.62 bits per heavy atom. The SMILES string of the molecule is Cc1occc1C(=O)N(C)CC1CC(N)C1. The normalized spacial score (nSPS) is 23.9. The number of carbonyl (C=O) groups excluding carboxylic acids is 1. The van der Waals surface area contributed by atoms with Crippen LogP contribution in [0.1, 0.15) is 29.0 Å². The number of aryl methyl sites for hydroxylation is 1. The van der Waals surface area contributed by atoms with Crippen LogP contribution in [-0.4, -0.2) is 30.4 Å². The zero-order valence-corrected chi connectivity index (χ0v) is 9.77. The molecular formula is C12H18N2O2. The first-order chi connectivity index (χ1) is 7.58. The summed E-state index contributed by atoms with van der Waals surface area (Å²) in [6, 6.07) is 2.06. The van der Waals surface area contributed by atoms with Gasteiger partial charge in [0.25, 0.3) is 5.91 Å². The fraction of sp³-hybridized carbons (Fsp3) is 0.583. The van der Waals surface area contributed by atoms with Crippen LogP contribution in [0.3, 0.4) is 0 Å². The molecule has 1 aliphatic carbocycles.